The summed E-state index contributed by atoms with van der Waals surface area (Å²) in [6.07, 6.45) is 0.557. The molecule has 106 valence electrons. The van der Waals surface area contributed by atoms with Gasteiger partial charge in [-0.05, 0) is 24.1 Å². The molecule has 1 fully saturated rings. The summed E-state index contributed by atoms with van der Waals surface area (Å²) in [5.41, 5.74) is 1.71. The average Bonchev–Trinajstić information content (AvgIpc) is 2.42. The molecule has 0 spiro atoms. The van der Waals surface area contributed by atoms with Crippen LogP contribution < -0.4 is 4.90 Å². The number of carboxylic acid groups (broad SMARTS) is 1. The fourth-order valence-corrected chi connectivity index (χ4v) is 2.04. The van der Waals surface area contributed by atoms with E-state index in [0.29, 0.717) is 6.42 Å². The first-order chi connectivity index (χ1) is 9.47. The monoisotopic (exact) mass is 276 g/mol. The third-order valence-corrected chi connectivity index (χ3v) is 3.33. The molecule has 1 aromatic carbocycles. The molecular weight excluding hydrogens is 260 g/mol. The van der Waals surface area contributed by atoms with Gasteiger partial charge < -0.3 is 10.0 Å². The van der Waals surface area contributed by atoms with Crippen LogP contribution in [0.3, 0.4) is 0 Å². The van der Waals surface area contributed by atoms with Crippen molar-refractivity contribution in [3.63, 3.8) is 0 Å². The summed E-state index contributed by atoms with van der Waals surface area (Å²) in [6.45, 7) is 0.355. The fraction of sp³-hybridized carbons (Fsp3) is 0.357. The second-order valence-corrected chi connectivity index (χ2v) is 4.76. The molecule has 1 heterocycles. The van der Waals surface area contributed by atoms with Crippen LogP contribution in [0.2, 0.25) is 0 Å². The molecule has 20 heavy (non-hydrogen) atoms. The molecule has 1 aliphatic rings. The number of carboxylic acids is 1. The maximum absolute atomic E-state index is 11.6. The first kappa shape index (κ1) is 14.0. The van der Waals surface area contributed by atoms with E-state index in [0.717, 1.165) is 16.2 Å². The van der Waals surface area contributed by atoms with Gasteiger partial charge in [0.15, 0.2) is 0 Å². The van der Waals surface area contributed by atoms with Crippen molar-refractivity contribution in [1.82, 2.24) is 4.90 Å². The Bertz CT molecular complexity index is 521. The van der Waals surface area contributed by atoms with Gasteiger partial charge in [-0.2, -0.15) is 0 Å². The van der Waals surface area contributed by atoms with Crippen LogP contribution in [0.4, 0.5) is 5.69 Å². The lowest BCUT2D eigenvalue weighted by molar-refractivity contribution is -0.143. The highest BCUT2D eigenvalue weighted by atomic mass is 16.4. The van der Waals surface area contributed by atoms with Crippen molar-refractivity contribution >= 4 is 23.5 Å². The summed E-state index contributed by atoms with van der Waals surface area (Å²) in [4.78, 5) is 36.6. The van der Waals surface area contributed by atoms with Gasteiger partial charge in [0.2, 0.25) is 11.8 Å². The Balaban J connectivity index is 2.04. The maximum atomic E-state index is 11.6. The number of hydrogen-bond acceptors (Lipinski definition) is 4. The number of imide groups is 1. The zero-order chi connectivity index (χ0) is 14.7. The number of carbonyl (C=O) groups excluding carboxylic acids is 2. The van der Waals surface area contributed by atoms with Gasteiger partial charge in [0.05, 0.1) is 13.1 Å². The summed E-state index contributed by atoms with van der Waals surface area (Å²) in [7, 11) is 1.48. The molecular formula is C14H16N2O4. The van der Waals surface area contributed by atoms with Crippen molar-refractivity contribution < 1.29 is 19.5 Å². The van der Waals surface area contributed by atoms with Crippen LogP contribution >= 0.6 is 0 Å². The minimum atomic E-state index is -0.829. The number of hydrogen-bond donors (Lipinski definition) is 1. The number of aliphatic carboxylic acids is 1. The predicted octanol–water partition coefficient (Wildman–Crippen LogP) is 0.509. The molecule has 2 amide bonds. The first-order valence-corrected chi connectivity index (χ1v) is 6.32. The van der Waals surface area contributed by atoms with E-state index in [1.165, 1.54) is 7.05 Å². The third-order valence-electron chi connectivity index (χ3n) is 3.33. The minimum Gasteiger partial charge on any atom is -0.481 e. The lowest BCUT2D eigenvalue weighted by Gasteiger charge is -2.32. The third kappa shape index (κ3) is 3.14. The molecule has 6 heteroatoms. The van der Waals surface area contributed by atoms with Crippen molar-refractivity contribution in [2.75, 3.05) is 25.0 Å². The van der Waals surface area contributed by atoms with E-state index in [4.69, 9.17) is 5.11 Å². The van der Waals surface area contributed by atoms with Crippen molar-refractivity contribution in [2.45, 2.75) is 12.8 Å². The molecule has 0 bridgehead atoms. The van der Waals surface area contributed by atoms with Crippen molar-refractivity contribution in [3.8, 4) is 0 Å². The largest absolute Gasteiger partial charge is 0.481 e. The molecule has 0 saturated carbocycles. The molecule has 2 rings (SSSR count). The Labute approximate surface area is 116 Å². The van der Waals surface area contributed by atoms with Gasteiger partial charge in [-0.25, -0.2) is 0 Å². The Morgan fingerprint density at radius 3 is 2.20 bits per heavy atom. The topological polar surface area (TPSA) is 77.9 Å². The van der Waals surface area contributed by atoms with E-state index in [1.54, 1.807) is 4.90 Å². The van der Waals surface area contributed by atoms with E-state index < -0.39 is 5.97 Å². The van der Waals surface area contributed by atoms with Gasteiger partial charge in [-0.15, -0.1) is 0 Å². The molecule has 0 aromatic heterocycles. The Morgan fingerprint density at radius 1 is 1.15 bits per heavy atom. The number of likely N-dealkylation sites (N-methyl/N-ethyl adjacent to an activating group) is 1. The zero-order valence-electron chi connectivity index (χ0n) is 11.2. The highest BCUT2D eigenvalue weighted by Gasteiger charge is 2.27. The van der Waals surface area contributed by atoms with Crippen LogP contribution in [-0.4, -0.2) is 47.9 Å². The van der Waals surface area contributed by atoms with Gasteiger partial charge in [-0.3, -0.25) is 19.3 Å². The molecule has 1 aromatic rings. The molecule has 6 nitrogen and oxygen atoms in total. The molecule has 0 radical (unpaired) electrons. The van der Waals surface area contributed by atoms with Crippen LogP contribution in [0.25, 0.3) is 0 Å². The standard InChI is InChI=1S/C14H16N2O4/c1-15-12(17)8-16(9-13(15)18)11-5-2-10(3-6-11)4-7-14(19)20/h2-3,5-6H,4,7-9H2,1H3,(H,19,20). The number of nitrogens with zero attached hydrogens (tertiary/aromatic N) is 2. The van der Waals surface area contributed by atoms with Crippen LogP contribution in [0, 0.1) is 0 Å². The van der Waals surface area contributed by atoms with Gasteiger partial charge in [0.25, 0.3) is 0 Å². The smallest absolute Gasteiger partial charge is 0.303 e. The van der Waals surface area contributed by atoms with Gasteiger partial charge >= 0.3 is 5.97 Å². The van der Waals surface area contributed by atoms with E-state index in [-0.39, 0.29) is 31.3 Å². The van der Waals surface area contributed by atoms with Gasteiger partial charge in [-0.1, -0.05) is 12.1 Å². The lowest BCUT2D eigenvalue weighted by Crippen LogP contribution is -2.52. The van der Waals surface area contributed by atoms with E-state index in [9.17, 15) is 14.4 Å². The number of rotatable bonds is 4. The lowest BCUT2D eigenvalue weighted by atomic mass is 10.1. The summed E-state index contributed by atoms with van der Waals surface area (Å²) < 4.78 is 0. The Hall–Kier alpha value is -2.37. The average molecular weight is 276 g/mol. The highest BCUT2D eigenvalue weighted by Crippen LogP contribution is 2.18. The number of piperazine rings is 1. The number of anilines is 1. The van der Waals surface area contributed by atoms with Gasteiger partial charge in [0, 0.05) is 19.2 Å². The van der Waals surface area contributed by atoms with E-state index in [1.807, 2.05) is 24.3 Å². The normalized spacial score (nSPS) is 15.7. The Morgan fingerprint density at radius 2 is 1.70 bits per heavy atom. The quantitative estimate of drug-likeness (QED) is 0.811. The fourth-order valence-electron chi connectivity index (χ4n) is 2.04. The molecule has 0 atom stereocenters. The molecule has 1 aliphatic heterocycles. The number of carbonyl (C=O) groups is 3. The number of benzene rings is 1. The molecule has 1 N–H and O–H groups in total. The second kappa shape index (κ2) is 5.73. The van der Waals surface area contributed by atoms with Crippen molar-refractivity contribution in [3.05, 3.63) is 29.8 Å². The van der Waals surface area contributed by atoms with E-state index in [2.05, 4.69) is 0 Å². The maximum Gasteiger partial charge on any atom is 0.303 e. The number of amides is 2. The highest BCUT2D eigenvalue weighted by molar-refractivity contribution is 6.02. The van der Waals surface area contributed by atoms with Gasteiger partial charge in [0.1, 0.15) is 0 Å². The summed E-state index contributed by atoms with van der Waals surface area (Å²) >= 11 is 0. The van der Waals surface area contributed by atoms with Crippen LogP contribution in [0.5, 0.6) is 0 Å². The zero-order valence-corrected chi connectivity index (χ0v) is 11.2. The summed E-state index contributed by atoms with van der Waals surface area (Å²) in [5, 5.41) is 8.63. The summed E-state index contributed by atoms with van der Waals surface area (Å²) in [6, 6.07) is 7.27. The second-order valence-electron chi connectivity index (χ2n) is 4.76. The van der Waals surface area contributed by atoms with Crippen LogP contribution in [0.1, 0.15) is 12.0 Å². The Kier molecular flexibility index (Phi) is 4.02. The minimum absolute atomic E-state index is 0.0881. The van der Waals surface area contributed by atoms with Crippen LogP contribution in [0.15, 0.2) is 24.3 Å². The van der Waals surface area contributed by atoms with E-state index >= 15 is 0 Å². The molecule has 0 unspecified atom stereocenters. The summed E-state index contributed by atoms with van der Waals surface area (Å²) in [5.74, 6) is -1.28. The van der Waals surface area contributed by atoms with Crippen molar-refractivity contribution in [2.24, 2.45) is 0 Å². The van der Waals surface area contributed by atoms with Crippen LogP contribution in [-0.2, 0) is 20.8 Å². The number of aryl methyl sites for hydroxylation is 1. The first-order valence-electron chi connectivity index (χ1n) is 6.32. The molecule has 1 saturated heterocycles. The van der Waals surface area contributed by atoms with Crippen molar-refractivity contribution in [1.29, 1.82) is 0 Å². The predicted molar refractivity (Wildman–Crippen MR) is 72.4 cm³/mol. The molecule has 0 aliphatic carbocycles. The SMILES string of the molecule is CN1C(=O)CN(c2ccc(CCC(=O)O)cc2)CC1=O.